The minimum absolute atomic E-state index is 0.237. The van der Waals surface area contributed by atoms with Crippen LogP contribution in [0.2, 0.25) is 5.02 Å². The van der Waals surface area contributed by atoms with E-state index >= 15 is 0 Å². The van der Waals surface area contributed by atoms with Crippen LogP contribution in [-0.4, -0.2) is 46.1 Å². The lowest BCUT2D eigenvalue weighted by Gasteiger charge is -2.32. The fourth-order valence-electron chi connectivity index (χ4n) is 1.92. The smallest absolute Gasteiger partial charge is 0.327 e. The van der Waals surface area contributed by atoms with Gasteiger partial charge in [-0.3, -0.25) is 0 Å². The van der Waals surface area contributed by atoms with Crippen molar-refractivity contribution in [3.05, 3.63) is 28.8 Å². The molecule has 0 saturated carbocycles. The number of carboxylic acid groups (broad SMARTS) is 1. The summed E-state index contributed by atoms with van der Waals surface area (Å²) >= 11 is 7.49. The maximum Gasteiger partial charge on any atom is 0.327 e. The highest BCUT2D eigenvalue weighted by molar-refractivity contribution is 7.99. The average molecular weight is 326 g/mol. The van der Waals surface area contributed by atoms with Crippen molar-refractivity contribution in [2.45, 2.75) is 6.04 Å². The van der Waals surface area contributed by atoms with E-state index in [0.717, 1.165) is 0 Å². The normalized spacial score (nSPS) is 17.9. The second-order valence-corrected chi connectivity index (χ2v) is 5.92. The number of hydrogen-bond donors (Lipinski definition) is 2. The molecule has 0 spiro atoms. The number of carbonyl (C=O) groups excluding carboxylic acids is 1. The lowest BCUT2D eigenvalue weighted by Crippen LogP contribution is -2.51. The number of rotatable bonds is 2. The molecule has 2 rings (SSSR count). The molecule has 2 N–H and O–H groups in total. The van der Waals surface area contributed by atoms with E-state index in [1.807, 2.05) is 6.07 Å². The van der Waals surface area contributed by atoms with Crippen molar-refractivity contribution in [2.24, 2.45) is 0 Å². The number of nitrogens with zero attached hydrogens (tertiary/aromatic N) is 2. The maximum absolute atomic E-state index is 12.2. The summed E-state index contributed by atoms with van der Waals surface area (Å²) < 4.78 is 0. The Hall–Kier alpha value is -1.91. The van der Waals surface area contributed by atoms with Crippen LogP contribution in [0.4, 0.5) is 10.5 Å². The molecule has 0 aliphatic carbocycles. The van der Waals surface area contributed by atoms with Crippen LogP contribution in [0, 0.1) is 11.3 Å². The summed E-state index contributed by atoms with van der Waals surface area (Å²) in [5.41, 5.74) is 0.735. The van der Waals surface area contributed by atoms with Crippen LogP contribution >= 0.6 is 23.4 Å². The molecule has 1 heterocycles. The number of amides is 2. The maximum atomic E-state index is 12.2. The van der Waals surface area contributed by atoms with E-state index in [1.54, 1.807) is 0 Å². The van der Waals surface area contributed by atoms with Gasteiger partial charge in [0.15, 0.2) is 0 Å². The highest BCUT2D eigenvalue weighted by Gasteiger charge is 2.32. The van der Waals surface area contributed by atoms with Crippen molar-refractivity contribution in [2.75, 3.05) is 23.4 Å². The molecule has 1 aromatic rings. The molecule has 1 saturated heterocycles. The minimum Gasteiger partial charge on any atom is -0.480 e. The van der Waals surface area contributed by atoms with E-state index in [-0.39, 0.29) is 5.02 Å². The lowest BCUT2D eigenvalue weighted by molar-refractivity contribution is -0.141. The zero-order chi connectivity index (χ0) is 15.4. The Bertz CT molecular complexity index is 617. The Morgan fingerprint density at radius 2 is 2.29 bits per heavy atom. The molecule has 8 heteroatoms. The molecular weight excluding hydrogens is 314 g/mol. The number of urea groups is 1. The number of thioether (sulfide) groups is 1. The summed E-state index contributed by atoms with van der Waals surface area (Å²) in [4.78, 5) is 24.7. The number of anilines is 1. The first-order valence-electron chi connectivity index (χ1n) is 6.10. The zero-order valence-corrected chi connectivity index (χ0v) is 12.4. The summed E-state index contributed by atoms with van der Waals surface area (Å²) in [5, 5.41) is 20.7. The van der Waals surface area contributed by atoms with Crippen molar-refractivity contribution in [3.8, 4) is 6.07 Å². The summed E-state index contributed by atoms with van der Waals surface area (Å²) in [6.45, 7) is 0.362. The number of carbonyl (C=O) groups is 2. The number of halogens is 1. The van der Waals surface area contributed by atoms with Gasteiger partial charge in [0.25, 0.3) is 0 Å². The third kappa shape index (κ3) is 3.60. The monoisotopic (exact) mass is 325 g/mol. The Morgan fingerprint density at radius 1 is 1.52 bits per heavy atom. The molecule has 6 nitrogen and oxygen atoms in total. The van der Waals surface area contributed by atoms with Crippen LogP contribution in [0.15, 0.2) is 18.2 Å². The van der Waals surface area contributed by atoms with Gasteiger partial charge in [0.1, 0.15) is 6.04 Å². The van der Waals surface area contributed by atoms with Crippen molar-refractivity contribution >= 4 is 41.1 Å². The summed E-state index contributed by atoms with van der Waals surface area (Å²) in [6.07, 6.45) is 0. The molecular formula is C13H12ClN3O3S. The zero-order valence-electron chi connectivity index (χ0n) is 10.9. The number of hydrogen-bond acceptors (Lipinski definition) is 4. The van der Waals surface area contributed by atoms with Crippen LogP contribution in [-0.2, 0) is 4.79 Å². The van der Waals surface area contributed by atoms with Crippen molar-refractivity contribution < 1.29 is 14.7 Å². The average Bonchev–Trinajstić information content (AvgIpc) is 2.49. The third-order valence-corrected chi connectivity index (χ3v) is 4.35. The number of nitrogens with one attached hydrogen (secondary N) is 1. The lowest BCUT2D eigenvalue weighted by atomic mass is 10.2. The first-order chi connectivity index (χ1) is 10.0. The molecule has 2 amide bonds. The molecule has 0 aromatic heterocycles. The van der Waals surface area contributed by atoms with E-state index in [4.69, 9.17) is 22.0 Å². The van der Waals surface area contributed by atoms with E-state index in [1.165, 1.54) is 34.9 Å². The Morgan fingerprint density at radius 3 is 2.90 bits per heavy atom. The van der Waals surface area contributed by atoms with Crippen molar-refractivity contribution in [1.82, 2.24) is 4.90 Å². The first-order valence-corrected chi connectivity index (χ1v) is 7.64. The number of carboxylic acids is 1. The van der Waals surface area contributed by atoms with Gasteiger partial charge in [-0.15, -0.1) is 0 Å². The number of nitriles is 1. The Kier molecular flexibility index (Phi) is 4.94. The van der Waals surface area contributed by atoms with Crippen LogP contribution in [0.25, 0.3) is 0 Å². The second kappa shape index (κ2) is 6.70. The Labute approximate surface area is 130 Å². The Balaban J connectivity index is 2.13. The van der Waals surface area contributed by atoms with E-state index in [9.17, 15) is 9.59 Å². The molecule has 1 fully saturated rings. The molecule has 21 heavy (non-hydrogen) atoms. The SMILES string of the molecule is N#Cc1ccc(NC(=O)N2CCSCC2C(=O)O)c(Cl)c1. The predicted molar refractivity (Wildman–Crippen MR) is 80.6 cm³/mol. The van der Waals surface area contributed by atoms with Crippen LogP contribution in [0.3, 0.4) is 0 Å². The quantitative estimate of drug-likeness (QED) is 0.869. The topological polar surface area (TPSA) is 93.4 Å². The molecule has 110 valence electrons. The third-order valence-electron chi connectivity index (χ3n) is 3.01. The van der Waals surface area contributed by atoms with E-state index < -0.39 is 18.0 Å². The fourth-order valence-corrected chi connectivity index (χ4v) is 3.19. The molecule has 1 aromatic carbocycles. The van der Waals surface area contributed by atoms with E-state index in [0.29, 0.717) is 29.3 Å². The van der Waals surface area contributed by atoms with Gasteiger partial charge < -0.3 is 15.3 Å². The van der Waals surface area contributed by atoms with Gasteiger partial charge in [-0.25, -0.2) is 9.59 Å². The number of aliphatic carboxylic acids is 1. The standard InChI is InChI=1S/C13H12ClN3O3S/c14-9-5-8(6-15)1-2-10(9)16-13(20)17-3-4-21-7-11(17)12(18)19/h1-2,5,11H,3-4,7H2,(H,16,20)(H,18,19). The van der Waals surface area contributed by atoms with Gasteiger partial charge in [0.2, 0.25) is 0 Å². The highest BCUT2D eigenvalue weighted by atomic mass is 35.5. The first kappa shape index (κ1) is 15.5. The van der Waals surface area contributed by atoms with Crippen molar-refractivity contribution in [1.29, 1.82) is 5.26 Å². The van der Waals surface area contributed by atoms with Gasteiger partial charge in [0, 0.05) is 18.1 Å². The van der Waals surface area contributed by atoms with Crippen molar-refractivity contribution in [3.63, 3.8) is 0 Å². The van der Waals surface area contributed by atoms with Crippen LogP contribution < -0.4 is 5.32 Å². The molecule has 0 radical (unpaired) electrons. The van der Waals surface area contributed by atoms with Gasteiger partial charge in [0.05, 0.1) is 22.3 Å². The van der Waals surface area contributed by atoms with Crippen LogP contribution in [0.5, 0.6) is 0 Å². The summed E-state index contributed by atoms with van der Waals surface area (Å²) in [6, 6.07) is 5.09. The second-order valence-electron chi connectivity index (χ2n) is 4.36. The largest absolute Gasteiger partial charge is 0.480 e. The summed E-state index contributed by atoms with van der Waals surface area (Å²) in [5.74, 6) is 0.0330. The van der Waals surface area contributed by atoms with Crippen LogP contribution in [0.1, 0.15) is 5.56 Å². The molecule has 1 atom stereocenters. The number of benzene rings is 1. The molecule has 1 aliphatic rings. The minimum atomic E-state index is -1.02. The van der Waals surface area contributed by atoms with E-state index in [2.05, 4.69) is 5.32 Å². The van der Waals surface area contributed by atoms with Gasteiger partial charge in [-0.1, -0.05) is 11.6 Å². The van der Waals surface area contributed by atoms with Gasteiger partial charge in [-0.05, 0) is 18.2 Å². The predicted octanol–water partition coefficient (Wildman–Crippen LogP) is 2.25. The van der Waals surface area contributed by atoms with Gasteiger partial charge >= 0.3 is 12.0 Å². The fraction of sp³-hybridized carbons (Fsp3) is 0.308. The van der Waals surface area contributed by atoms with Gasteiger partial charge in [-0.2, -0.15) is 17.0 Å². The molecule has 1 aliphatic heterocycles. The molecule has 0 bridgehead atoms. The summed E-state index contributed by atoms with van der Waals surface area (Å²) in [7, 11) is 0. The molecule has 1 unspecified atom stereocenters. The highest BCUT2D eigenvalue weighted by Crippen LogP contribution is 2.24.